The first-order valence-corrected chi connectivity index (χ1v) is 8.36. The zero-order chi connectivity index (χ0) is 15.1. The first kappa shape index (κ1) is 13.8. The summed E-state index contributed by atoms with van der Waals surface area (Å²) in [6.45, 7) is 5.02. The molecule has 3 aromatic rings. The monoisotopic (exact) mass is 330 g/mol. The number of nitrogens with zero attached hydrogens (tertiary/aromatic N) is 4. The van der Waals surface area contributed by atoms with Gasteiger partial charge in [-0.1, -0.05) is 11.6 Å². The Morgan fingerprint density at radius 3 is 2.86 bits per heavy atom. The van der Waals surface area contributed by atoms with Gasteiger partial charge in [0.2, 0.25) is 0 Å². The van der Waals surface area contributed by atoms with Crippen molar-refractivity contribution in [3.63, 3.8) is 0 Å². The molecule has 22 heavy (non-hydrogen) atoms. The van der Waals surface area contributed by atoms with Crippen LogP contribution in [0, 0.1) is 6.92 Å². The van der Waals surface area contributed by atoms with Gasteiger partial charge in [0.15, 0.2) is 0 Å². The molecule has 0 aromatic carbocycles. The number of thiophene rings is 1. The lowest BCUT2D eigenvalue weighted by Crippen LogP contribution is -2.24. The molecule has 112 valence electrons. The van der Waals surface area contributed by atoms with Crippen LogP contribution >= 0.6 is 22.9 Å². The van der Waals surface area contributed by atoms with Gasteiger partial charge in [0.05, 0.1) is 23.6 Å². The van der Waals surface area contributed by atoms with E-state index in [0.717, 1.165) is 25.1 Å². The number of aromatic nitrogens is 2. The lowest BCUT2D eigenvalue weighted by atomic mass is 10.2. The predicted octanol–water partition coefficient (Wildman–Crippen LogP) is 3.94. The highest BCUT2D eigenvalue weighted by atomic mass is 35.5. The lowest BCUT2D eigenvalue weighted by Gasteiger charge is -2.21. The molecule has 1 aliphatic rings. The van der Waals surface area contributed by atoms with Crippen LogP contribution in [0.3, 0.4) is 0 Å². The standard InChI is InChI=1S/C16H15ClN4S/c1-11-2-4-18-9-13(11)20-6-7-21(10-20)15-8-12-14(22-15)3-5-19-16(12)17/h2-5,8-9H,6-7,10H2,1H3. The molecule has 0 amide bonds. The highest BCUT2D eigenvalue weighted by Gasteiger charge is 2.23. The molecule has 0 unspecified atom stereocenters. The fraction of sp³-hybridized carbons (Fsp3) is 0.250. The Kier molecular flexibility index (Phi) is 3.39. The van der Waals surface area contributed by atoms with E-state index in [1.807, 2.05) is 18.5 Å². The molecule has 0 spiro atoms. The number of hydrogen-bond donors (Lipinski definition) is 0. The van der Waals surface area contributed by atoms with Crippen LogP contribution in [0.5, 0.6) is 0 Å². The van der Waals surface area contributed by atoms with E-state index in [9.17, 15) is 0 Å². The number of halogens is 1. The molecule has 3 aromatic heterocycles. The molecule has 0 radical (unpaired) electrons. The summed E-state index contributed by atoms with van der Waals surface area (Å²) < 4.78 is 1.19. The number of fused-ring (bicyclic) bond motifs is 1. The van der Waals surface area contributed by atoms with Crippen molar-refractivity contribution in [2.45, 2.75) is 6.92 Å². The maximum absolute atomic E-state index is 6.18. The van der Waals surface area contributed by atoms with Crippen LogP contribution in [-0.2, 0) is 0 Å². The highest BCUT2D eigenvalue weighted by molar-refractivity contribution is 7.22. The van der Waals surface area contributed by atoms with E-state index in [0.29, 0.717) is 5.15 Å². The van der Waals surface area contributed by atoms with E-state index in [-0.39, 0.29) is 0 Å². The Labute approximate surface area is 138 Å². The largest absolute Gasteiger partial charge is 0.351 e. The van der Waals surface area contributed by atoms with Crippen molar-refractivity contribution in [3.05, 3.63) is 47.5 Å². The third-order valence-electron chi connectivity index (χ3n) is 4.03. The molecule has 4 heterocycles. The Hall–Kier alpha value is -1.85. The quantitative estimate of drug-likeness (QED) is 0.666. The van der Waals surface area contributed by atoms with E-state index in [1.165, 1.54) is 21.0 Å². The van der Waals surface area contributed by atoms with Crippen molar-refractivity contribution in [2.24, 2.45) is 0 Å². The molecule has 6 heteroatoms. The number of anilines is 2. The van der Waals surface area contributed by atoms with E-state index in [4.69, 9.17) is 11.6 Å². The summed E-state index contributed by atoms with van der Waals surface area (Å²) in [5, 5.41) is 2.87. The average molecular weight is 331 g/mol. The van der Waals surface area contributed by atoms with Crippen molar-refractivity contribution in [1.82, 2.24) is 9.97 Å². The maximum atomic E-state index is 6.18. The van der Waals surface area contributed by atoms with Gasteiger partial charge in [-0.2, -0.15) is 0 Å². The summed E-state index contributed by atoms with van der Waals surface area (Å²) in [5.41, 5.74) is 2.48. The molecular weight excluding hydrogens is 316 g/mol. The van der Waals surface area contributed by atoms with Gasteiger partial charge in [0.1, 0.15) is 5.15 Å². The Morgan fingerprint density at radius 2 is 2.05 bits per heavy atom. The van der Waals surface area contributed by atoms with Gasteiger partial charge in [0, 0.05) is 35.6 Å². The van der Waals surface area contributed by atoms with Crippen LogP contribution in [0.25, 0.3) is 10.1 Å². The van der Waals surface area contributed by atoms with E-state index in [1.54, 1.807) is 17.5 Å². The van der Waals surface area contributed by atoms with Gasteiger partial charge in [-0.3, -0.25) is 4.98 Å². The summed E-state index contributed by atoms with van der Waals surface area (Å²) in [5.74, 6) is 0. The smallest absolute Gasteiger partial charge is 0.137 e. The summed E-state index contributed by atoms with van der Waals surface area (Å²) in [6, 6.07) is 6.23. The minimum atomic E-state index is 0.583. The Balaban J connectivity index is 1.62. The predicted molar refractivity (Wildman–Crippen MR) is 93.2 cm³/mol. The average Bonchev–Trinajstić information content (AvgIpc) is 3.14. The number of hydrogen-bond acceptors (Lipinski definition) is 5. The molecule has 4 nitrogen and oxygen atoms in total. The van der Waals surface area contributed by atoms with E-state index < -0.39 is 0 Å². The lowest BCUT2D eigenvalue weighted by molar-refractivity contribution is 0.946. The summed E-state index contributed by atoms with van der Waals surface area (Å²) in [6.07, 6.45) is 5.55. The molecule has 1 saturated heterocycles. The molecule has 4 rings (SSSR count). The Bertz CT molecular complexity index is 832. The van der Waals surface area contributed by atoms with Crippen LogP contribution in [0.15, 0.2) is 36.8 Å². The molecule has 0 saturated carbocycles. The number of aryl methyl sites for hydroxylation is 1. The number of rotatable bonds is 2. The van der Waals surface area contributed by atoms with Crippen LogP contribution in [-0.4, -0.2) is 29.7 Å². The molecule has 0 N–H and O–H groups in total. The molecular formula is C16H15ClN4S. The first-order valence-electron chi connectivity index (χ1n) is 7.17. The SMILES string of the molecule is Cc1ccncc1N1CCN(c2cc3c(Cl)nccc3s2)C1. The number of pyridine rings is 2. The fourth-order valence-electron chi connectivity index (χ4n) is 2.82. The van der Waals surface area contributed by atoms with Crippen molar-refractivity contribution >= 4 is 43.7 Å². The van der Waals surface area contributed by atoms with Crippen LogP contribution in [0.1, 0.15) is 5.56 Å². The van der Waals surface area contributed by atoms with Crippen molar-refractivity contribution in [3.8, 4) is 0 Å². The van der Waals surface area contributed by atoms with Crippen LogP contribution < -0.4 is 9.80 Å². The maximum Gasteiger partial charge on any atom is 0.137 e. The second-order valence-corrected chi connectivity index (χ2v) is 6.85. The van der Waals surface area contributed by atoms with Gasteiger partial charge in [-0.25, -0.2) is 4.98 Å². The van der Waals surface area contributed by atoms with Gasteiger partial charge in [0.25, 0.3) is 0 Å². The van der Waals surface area contributed by atoms with Crippen molar-refractivity contribution < 1.29 is 0 Å². The Morgan fingerprint density at radius 1 is 1.18 bits per heavy atom. The minimum Gasteiger partial charge on any atom is -0.351 e. The third-order valence-corrected chi connectivity index (χ3v) is 5.49. The van der Waals surface area contributed by atoms with Gasteiger partial charge in [-0.15, -0.1) is 11.3 Å². The summed E-state index contributed by atoms with van der Waals surface area (Å²) >= 11 is 7.95. The minimum absolute atomic E-state index is 0.583. The third kappa shape index (κ3) is 2.30. The van der Waals surface area contributed by atoms with Crippen molar-refractivity contribution in [2.75, 3.05) is 29.6 Å². The summed E-state index contributed by atoms with van der Waals surface area (Å²) in [7, 11) is 0. The van der Waals surface area contributed by atoms with E-state index >= 15 is 0 Å². The topological polar surface area (TPSA) is 32.3 Å². The van der Waals surface area contributed by atoms with Crippen molar-refractivity contribution in [1.29, 1.82) is 0 Å². The molecule has 0 atom stereocenters. The molecule has 0 aliphatic carbocycles. The summed E-state index contributed by atoms with van der Waals surface area (Å²) in [4.78, 5) is 13.2. The zero-order valence-corrected chi connectivity index (χ0v) is 13.7. The fourth-order valence-corrected chi connectivity index (χ4v) is 4.17. The normalized spacial score (nSPS) is 15.0. The van der Waals surface area contributed by atoms with E-state index in [2.05, 4.69) is 38.8 Å². The first-order chi connectivity index (χ1) is 10.7. The highest BCUT2D eigenvalue weighted by Crippen LogP contribution is 2.36. The van der Waals surface area contributed by atoms with Crippen LogP contribution in [0.2, 0.25) is 5.15 Å². The van der Waals surface area contributed by atoms with Crippen LogP contribution in [0.4, 0.5) is 10.7 Å². The molecule has 1 fully saturated rings. The second-order valence-electron chi connectivity index (χ2n) is 5.43. The van der Waals surface area contributed by atoms with Gasteiger partial charge >= 0.3 is 0 Å². The molecule has 0 bridgehead atoms. The van der Waals surface area contributed by atoms with Gasteiger partial charge < -0.3 is 9.80 Å². The van der Waals surface area contributed by atoms with Gasteiger partial charge in [-0.05, 0) is 30.7 Å². The zero-order valence-electron chi connectivity index (χ0n) is 12.2. The second kappa shape index (κ2) is 5.41. The molecule has 1 aliphatic heterocycles.